The van der Waals surface area contributed by atoms with Crippen LogP contribution in [0.1, 0.15) is 25.8 Å². The molecule has 0 atom stereocenters. The summed E-state index contributed by atoms with van der Waals surface area (Å²) in [7, 11) is 0. The molecule has 0 N–H and O–H groups in total. The fraction of sp³-hybridized carbons (Fsp3) is 0.0968. The molecule has 162 valence electrons. The Balaban J connectivity index is 1.94. The first-order chi connectivity index (χ1) is 15.7. The molecule has 1 aliphatic carbocycles. The molecule has 0 amide bonds. The summed E-state index contributed by atoms with van der Waals surface area (Å²) in [5.74, 6) is 0. The van der Waals surface area contributed by atoms with E-state index in [0.717, 1.165) is 6.42 Å². The molecule has 5 rings (SSSR count). The molecule has 1 heteroatoms. The van der Waals surface area contributed by atoms with E-state index >= 15 is 0 Å². The van der Waals surface area contributed by atoms with Gasteiger partial charge in [0, 0.05) is 0 Å². The quantitative estimate of drug-likeness (QED) is 0.255. The van der Waals surface area contributed by atoms with Gasteiger partial charge in [-0.1, -0.05) is 0 Å². The average molecular weight is 596 g/mol. The number of allylic oxidation sites excluding steroid dienone is 4. The first-order valence-electron chi connectivity index (χ1n) is 11.0. The Morgan fingerprint density at radius 3 is 1.28 bits per heavy atom. The van der Waals surface area contributed by atoms with Gasteiger partial charge in [0.05, 0.1) is 0 Å². The summed E-state index contributed by atoms with van der Waals surface area (Å²) in [5.41, 5.74) is 5.75. The van der Waals surface area contributed by atoms with Crippen LogP contribution < -0.4 is 11.9 Å². The fourth-order valence-electron chi connectivity index (χ4n) is 4.34. The Labute approximate surface area is 195 Å². The maximum atomic E-state index is 2.37. The van der Waals surface area contributed by atoms with Gasteiger partial charge in [0.25, 0.3) is 0 Å². The second-order valence-electron chi connectivity index (χ2n) is 7.94. The monoisotopic (exact) mass is 595 g/mol. The van der Waals surface area contributed by atoms with Gasteiger partial charge in [-0.15, -0.1) is 0 Å². The fourth-order valence-corrected chi connectivity index (χ4v) is 16.5. The van der Waals surface area contributed by atoms with Gasteiger partial charge in [-0.25, -0.2) is 0 Å². The van der Waals surface area contributed by atoms with Gasteiger partial charge in [-0.3, -0.25) is 0 Å². The average Bonchev–Trinajstić information content (AvgIpc) is 3.16. The molecule has 32 heavy (non-hydrogen) atoms. The first-order valence-corrected chi connectivity index (χ1v) is 15.5. The topological polar surface area (TPSA) is 0 Å². The summed E-state index contributed by atoms with van der Waals surface area (Å²) in [6, 6.07) is 44.9. The standard InChI is InChI=1S/C13H13.3C6H5.Pt/c1-10-8-9-13(11(10)2)12-6-4-3-5-7-12;3*1-2-4-6-5-3-1;/h3-7H,8H2,1-2H3;3*1-5H;. The van der Waals surface area contributed by atoms with Crippen LogP contribution in [0.4, 0.5) is 0 Å². The summed E-state index contributed by atoms with van der Waals surface area (Å²) in [6.07, 6.45) is 1.05. The third-order valence-corrected chi connectivity index (χ3v) is 17.2. The van der Waals surface area contributed by atoms with Crippen molar-refractivity contribution in [2.24, 2.45) is 0 Å². The summed E-state index contributed by atoms with van der Waals surface area (Å²) < 4.78 is 6.11. The Bertz CT molecular complexity index is 1170. The Hall–Kier alpha value is -2.95. The third kappa shape index (κ3) is 3.44. The number of hydrogen-bond acceptors (Lipinski definition) is 0. The Kier molecular flexibility index (Phi) is 5.81. The zero-order chi connectivity index (χ0) is 22.0. The predicted octanol–water partition coefficient (Wildman–Crippen LogP) is 6.27. The van der Waals surface area contributed by atoms with Crippen LogP contribution in [0.5, 0.6) is 0 Å². The van der Waals surface area contributed by atoms with Crippen LogP contribution in [0, 0.1) is 0 Å². The van der Waals surface area contributed by atoms with E-state index in [-0.39, 0.29) is 0 Å². The molecule has 0 aromatic heterocycles. The summed E-state index contributed by atoms with van der Waals surface area (Å²) in [6.45, 7) is 4.63. The SMILES string of the molecule is CC1=C(C)C(c2ccccc2)=[C]([Pt]([c]2ccccc2)([c]2ccccc2)[c]2ccccc2)C1. The molecule has 0 radical (unpaired) electrons. The van der Waals surface area contributed by atoms with Crippen LogP contribution in [0.15, 0.2) is 136 Å². The van der Waals surface area contributed by atoms with Crippen molar-refractivity contribution in [3.63, 3.8) is 0 Å². The zero-order valence-corrected chi connectivity index (χ0v) is 20.8. The molecule has 0 spiro atoms. The van der Waals surface area contributed by atoms with Gasteiger partial charge in [-0.2, -0.15) is 0 Å². The summed E-state index contributed by atoms with van der Waals surface area (Å²) in [5, 5.41) is 0. The molecule has 0 nitrogen and oxygen atoms in total. The molecular formula is C31H28Pt. The molecule has 0 saturated heterocycles. The predicted molar refractivity (Wildman–Crippen MR) is 135 cm³/mol. The van der Waals surface area contributed by atoms with Gasteiger partial charge < -0.3 is 0 Å². The molecule has 0 saturated carbocycles. The summed E-state index contributed by atoms with van der Waals surface area (Å²) in [4.78, 5) is 0. The van der Waals surface area contributed by atoms with Crippen molar-refractivity contribution < 1.29 is 16.1 Å². The zero-order valence-electron chi connectivity index (χ0n) is 18.6. The van der Waals surface area contributed by atoms with E-state index in [1.807, 2.05) is 0 Å². The van der Waals surface area contributed by atoms with E-state index in [0.29, 0.717) is 0 Å². The van der Waals surface area contributed by atoms with Crippen LogP contribution in [0.3, 0.4) is 0 Å². The first kappa shape index (κ1) is 20.9. The van der Waals surface area contributed by atoms with E-state index in [2.05, 4.69) is 135 Å². The van der Waals surface area contributed by atoms with E-state index in [1.165, 1.54) is 34.1 Å². The van der Waals surface area contributed by atoms with Gasteiger partial charge in [0.2, 0.25) is 0 Å². The molecule has 0 bridgehead atoms. The van der Waals surface area contributed by atoms with E-state index in [9.17, 15) is 0 Å². The van der Waals surface area contributed by atoms with E-state index in [1.54, 1.807) is 3.96 Å². The molecule has 0 unspecified atom stereocenters. The normalized spacial score (nSPS) is 14.7. The maximum absolute atomic E-state index is 3.12. The molecular weight excluding hydrogens is 567 g/mol. The van der Waals surface area contributed by atoms with Gasteiger partial charge >= 0.3 is 196 Å². The molecule has 1 aliphatic rings. The molecule has 0 heterocycles. The number of rotatable bonds is 5. The van der Waals surface area contributed by atoms with Crippen molar-refractivity contribution in [1.29, 1.82) is 0 Å². The van der Waals surface area contributed by atoms with Crippen LogP contribution in [0.2, 0.25) is 0 Å². The van der Waals surface area contributed by atoms with Crippen LogP contribution in [0.25, 0.3) is 5.57 Å². The van der Waals surface area contributed by atoms with Crippen LogP contribution in [-0.2, 0) is 16.1 Å². The second kappa shape index (κ2) is 8.89. The minimum atomic E-state index is -3.12. The summed E-state index contributed by atoms with van der Waals surface area (Å²) >= 11 is -3.12. The molecule has 0 fully saturated rings. The van der Waals surface area contributed by atoms with Gasteiger partial charge in [0.1, 0.15) is 0 Å². The van der Waals surface area contributed by atoms with Crippen molar-refractivity contribution in [2.45, 2.75) is 20.3 Å². The Morgan fingerprint density at radius 1 is 0.500 bits per heavy atom. The van der Waals surface area contributed by atoms with Gasteiger partial charge in [0.15, 0.2) is 0 Å². The van der Waals surface area contributed by atoms with Crippen molar-refractivity contribution in [2.75, 3.05) is 0 Å². The third-order valence-electron chi connectivity index (χ3n) is 5.99. The Morgan fingerprint density at radius 2 is 0.875 bits per heavy atom. The molecule has 0 aliphatic heterocycles. The van der Waals surface area contributed by atoms with Crippen LogP contribution >= 0.6 is 0 Å². The van der Waals surface area contributed by atoms with Gasteiger partial charge in [-0.05, 0) is 0 Å². The molecule has 4 aromatic rings. The van der Waals surface area contributed by atoms with Crippen molar-refractivity contribution in [1.82, 2.24) is 0 Å². The second-order valence-corrected chi connectivity index (χ2v) is 16.7. The van der Waals surface area contributed by atoms with Crippen molar-refractivity contribution in [3.8, 4) is 0 Å². The van der Waals surface area contributed by atoms with Crippen molar-refractivity contribution >= 4 is 17.4 Å². The van der Waals surface area contributed by atoms with Crippen LogP contribution in [-0.4, -0.2) is 0 Å². The molecule has 4 aromatic carbocycles. The number of hydrogen-bond donors (Lipinski definition) is 0. The minimum absolute atomic E-state index is 1.05. The van der Waals surface area contributed by atoms with E-state index < -0.39 is 16.1 Å². The van der Waals surface area contributed by atoms with E-state index in [4.69, 9.17) is 0 Å². The number of benzene rings is 4. The van der Waals surface area contributed by atoms with Crippen molar-refractivity contribution in [3.05, 3.63) is 142 Å².